The zero-order valence-electron chi connectivity index (χ0n) is 15.5. The minimum atomic E-state index is -0.190. The standard InChI is InChI=1S/C20H26FN3O.HI/c1-15-14-18(21)7-6-17(15)11-13-24-20(22-2)23-12-10-16-4-8-19(25-3)9-5-16;/h4-9,14H,10-13H2,1-3H3,(H2,22,23,24);1H. The predicted molar refractivity (Wildman–Crippen MR) is 116 cm³/mol. The minimum absolute atomic E-state index is 0. The first-order valence-corrected chi connectivity index (χ1v) is 8.45. The van der Waals surface area contributed by atoms with Gasteiger partial charge in [0, 0.05) is 20.1 Å². The number of aliphatic imine (C=N–C) groups is 1. The second-order valence-electron chi connectivity index (χ2n) is 5.84. The van der Waals surface area contributed by atoms with E-state index < -0.39 is 0 Å². The molecule has 0 aliphatic heterocycles. The van der Waals surface area contributed by atoms with Crippen molar-refractivity contribution in [2.45, 2.75) is 19.8 Å². The molecule has 6 heteroatoms. The highest BCUT2D eigenvalue weighted by atomic mass is 127. The summed E-state index contributed by atoms with van der Waals surface area (Å²) in [5.41, 5.74) is 3.36. The fourth-order valence-corrected chi connectivity index (χ4v) is 2.59. The third kappa shape index (κ3) is 7.19. The summed E-state index contributed by atoms with van der Waals surface area (Å²) in [6, 6.07) is 13.0. The van der Waals surface area contributed by atoms with Crippen LogP contribution >= 0.6 is 24.0 Å². The van der Waals surface area contributed by atoms with Crippen molar-refractivity contribution in [1.29, 1.82) is 0 Å². The number of hydrogen-bond donors (Lipinski definition) is 2. The van der Waals surface area contributed by atoms with E-state index in [2.05, 4.69) is 27.8 Å². The van der Waals surface area contributed by atoms with Crippen LogP contribution in [0.2, 0.25) is 0 Å². The molecule has 0 aliphatic rings. The lowest BCUT2D eigenvalue weighted by Crippen LogP contribution is -2.39. The number of methoxy groups -OCH3 is 1. The summed E-state index contributed by atoms with van der Waals surface area (Å²) < 4.78 is 18.3. The summed E-state index contributed by atoms with van der Waals surface area (Å²) in [7, 11) is 3.42. The van der Waals surface area contributed by atoms with Gasteiger partial charge < -0.3 is 15.4 Å². The topological polar surface area (TPSA) is 45.7 Å². The molecule has 2 rings (SSSR count). The van der Waals surface area contributed by atoms with Crippen molar-refractivity contribution in [2.24, 2.45) is 4.99 Å². The van der Waals surface area contributed by atoms with Crippen molar-refractivity contribution in [2.75, 3.05) is 27.2 Å². The molecule has 0 aromatic heterocycles. The molecule has 2 aromatic carbocycles. The molecule has 0 aliphatic carbocycles. The molecule has 2 N–H and O–H groups in total. The van der Waals surface area contributed by atoms with Crippen LogP contribution < -0.4 is 15.4 Å². The van der Waals surface area contributed by atoms with Crippen molar-refractivity contribution in [3.8, 4) is 5.75 Å². The first-order chi connectivity index (χ1) is 12.1. The Morgan fingerprint density at radius 3 is 2.27 bits per heavy atom. The van der Waals surface area contributed by atoms with Crippen molar-refractivity contribution >= 4 is 29.9 Å². The van der Waals surface area contributed by atoms with E-state index in [0.717, 1.165) is 48.8 Å². The molecule has 0 bridgehead atoms. The van der Waals surface area contributed by atoms with Crippen LogP contribution in [0.15, 0.2) is 47.5 Å². The van der Waals surface area contributed by atoms with E-state index in [0.29, 0.717) is 0 Å². The van der Waals surface area contributed by atoms with Crippen LogP contribution in [0.25, 0.3) is 0 Å². The lowest BCUT2D eigenvalue weighted by Gasteiger charge is -2.13. The summed E-state index contributed by atoms with van der Waals surface area (Å²) in [6.45, 7) is 3.47. The molecule has 2 aromatic rings. The van der Waals surface area contributed by atoms with E-state index in [1.807, 2.05) is 25.1 Å². The lowest BCUT2D eigenvalue weighted by atomic mass is 10.1. The Kier molecular flexibility index (Phi) is 10.0. The molecule has 0 radical (unpaired) electrons. The molecule has 26 heavy (non-hydrogen) atoms. The summed E-state index contributed by atoms with van der Waals surface area (Å²) in [4.78, 5) is 4.23. The zero-order chi connectivity index (χ0) is 18.1. The molecule has 0 heterocycles. The molecular weight excluding hydrogens is 444 g/mol. The smallest absolute Gasteiger partial charge is 0.190 e. The SMILES string of the molecule is CN=C(NCCc1ccc(OC)cc1)NCCc1ccc(F)cc1C.I. The quantitative estimate of drug-likeness (QED) is 0.368. The Balaban J connectivity index is 0.00000338. The number of rotatable bonds is 7. The summed E-state index contributed by atoms with van der Waals surface area (Å²) >= 11 is 0. The number of guanidine groups is 1. The van der Waals surface area contributed by atoms with E-state index in [9.17, 15) is 4.39 Å². The number of halogens is 2. The van der Waals surface area contributed by atoms with E-state index in [1.165, 1.54) is 11.6 Å². The Morgan fingerprint density at radius 2 is 1.69 bits per heavy atom. The lowest BCUT2D eigenvalue weighted by molar-refractivity contribution is 0.414. The predicted octanol–water partition coefficient (Wildman–Crippen LogP) is 3.71. The highest BCUT2D eigenvalue weighted by Gasteiger charge is 2.02. The average molecular weight is 471 g/mol. The van der Waals surface area contributed by atoms with Crippen molar-refractivity contribution in [3.63, 3.8) is 0 Å². The van der Waals surface area contributed by atoms with Crippen LogP contribution in [0.3, 0.4) is 0 Å². The van der Waals surface area contributed by atoms with Crippen molar-refractivity contribution < 1.29 is 9.13 Å². The van der Waals surface area contributed by atoms with Gasteiger partial charge in [0.1, 0.15) is 11.6 Å². The average Bonchev–Trinajstić information content (AvgIpc) is 2.62. The maximum absolute atomic E-state index is 13.1. The number of aryl methyl sites for hydroxylation is 1. The van der Waals surface area contributed by atoms with Gasteiger partial charge in [0.15, 0.2) is 5.96 Å². The van der Waals surface area contributed by atoms with Gasteiger partial charge in [-0.25, -0.2) is 4.39 Å². The van der Waals surface area contributed by atoms with E-state index in [4.69, 9.17) is 4.74 Å². The van der Waals surface area contributed by atoms with Crippen LogP contribution in [0.5, 0.6) is 5.75 Å². The third-order valence-corrected chi connectivity index (χ3v) is 4.08. The van der Waals surface area contributed by atoms with Crippen LogP contribution in [0.4, 0.5) is 4.39 Å². The molecule has 0 saturated heterocycles. The highest BCUT2D eigenvalue weighted by molar-refractivity contribution is 14.0. The Morgan fingerprint density at radius 1 is 1.04 bits per heavy atom. The second kappa shape index (κ2) is 11.7. The van der Waals surface area contributed by atoms with Crippen LogP contribution in [0.1, 0.15) is 16.7 Å². The molecule has 4 nitrogen and oxygen atoms in total. The normalized spacial score (nSPS) is 10.8. The Bertz CT molecular complexity index is 705. The maximum atomic E-state index is 13.1. The number of benzene rings is 2. The van der Waals surface area contributed by atoms with Gasteiger partial charge in [0.25, 0.3) is 0 Å². The third-order valence-electron chi connectivity index (χ3n) is 4.08. The molecule has 0 fully saturated rings. The summed E-state index contributed by atoms with van der Waals surface area (Å²) in [6.07, 6.45) is 1.73. The van der Waals surface area contributed by atoms with Crippen LogP contribution in [0, 0.1) is 12.7 Å². The van der Waals surface area contributed by atoms with E-state index in [1.54, 1.807) is 20.2 Å². The number of nitrogens with zero attached hydrogens (tertiary/aromatic N) is 1. The second-order valence-corrected chi connectivity index (χ2v) is 5.84. The molecular formula is C20H27FIN3O. The van der Waals surface area contributed by atoms with E-state index in [-0.39, 0.29) is 29.8 Å². The molecule has 0 spiro atoms. The molecule has 0 amide bonds. The van der Waals surface area contributed by atoms with Gasteiger partial charge in [-0.2, -0.15) is 0 Å². The first kappa shape index (κ1) is 22.2. The molecule has 0 atom stereocenters. The van der Waals surface area contributed by atoms with Crippen LogP contribution in [-0.4, -0.2) is 33.2 Å². The minimum Gasteiger partial charge on any atom is -0.497 e. The van der Waals surface area contributed by atoms with Gasteiger partial charge in [0.2, 0.25) is 0 Å². The van der Waals surface area contributed by atoms with Gasteiger partial charge in [0.05, 0.1) is 7.11 Å². The fraction of sp³-hybridized carbons (Fsp3) is 0.350. The van der Waals surface area contributed by atoms with Gasteiger partial charge in [-0.1, -0.05) is 18.2 Å². The molecule has 142 valence electrons. The van der Waals surface area contributed by atoms with Gasteiger partial charge in [-0.15, -0.1) is 24.0 Å². The number of nitrogens with one attached hydrogen (secondary N) is 2. The number of ether oxygens (including phenoxy) is 1. The van der Waals surface area contributed by atoms with Gasteiger partial charge >= 0.3 is 0 Å². The van der Waals surface area contributed by atoms with Crippen molar-refractivity contribution in [3.05, 3.63) is 65.0 Å². The Labute approximate surface area is 172 Å². The maximum Gasteiger partial charge on any atom is 0.190 e. The van der Waals surface area contributed by atoms with Gasteiger partial charge in [-0.3, -0.25) is 4.99 Å². The molecule has 0 unspecified atom stereocenters. The summed E-state index contributed by atoms with van der Waals surface area (Å²) in [5.74, 6) is 1.45. The largest absolute Gasteiger partial charge is 0.497 e. The monoisotopic (exact) mass is 471 g/mol. The van der Waals surface area contributed by atoms with Gasteiger partial charge in [-0.05, 0) is 60.7 Å². The van der Waals surface area contributed by atoms with Crippen molar-refractivity contribution in [1.82, 2.24) is 10.6 Å². The number of hydrogen-bond acceptors (Lipinski definition) is 2. The molecule has 0 saturated carbocycles. The highest BCUT2D eigenvalue weighted by Crippen LogP contribution is 2.11. The zero-order valence-corrected chi connectivity index (χ0v) is 17.8. The summed E-state index contributed by atoms with van der Waals surface area (Å²) in [5, 5.41) is 6.59. The van der Waals surface area contributed by atoms with E-state index >= 15 is 0 Å². The first-order valence-electron chi connectivity index (χ1n) is 8.45. The van der Waals surface area contributed by atoms with Crippen LogP contribution in [-0.2, 0) is 12.8 Å². The Hall–Kier alpha value is -1.83. The fourth-order valence-electron chi connectivity index (χ4n) is 2.59.